The Hall–Kier alpha value is -2.83. The van der Waals surface area contributed by atoms with Gasteiger partial charge in [-0.2, -0.15) is 0 Å². The van der Waals surface area contributed by atoms with Gasteiger partial charge < -0.3 is 0 Å². The van der Waals surface area contributed by atoms with Crippen LogP contribution in [0.1, 0.15) is 0 Å². The summed E-state index contributed by atoms with van der Waals surface area (Å²) in [7, 11) is -6.26. The summed E-state index contributed by atoms with van der Waals surface area (Å²) < 4.78 is 137. The van der Waals surface area contributed by atoms with Crippen LogP contribution in [0.5, 0.6) is 11.5 Å². The molecule has 15 heteroatoms. The van der Waals surface area contributed by atoms with Crippen molar-refractivity contribution in [2.24, 2.45) is 0 Å². The number of hydrogen-bond donors (Lipinski definition) is 0. The first-order valence-corrected chi connectivity index (χ1v) is 11.6. The summed E-state index contributed by atoms with van der Waals surface area (Å²) in [5, 5.41) is 0. The number of hydrogen-bond acceptors (Lipinski definition) is 6. The monoisotopic (exact) mass is 520 g/mol. The topological polar surface area (TPSA) is 49.4 Å². The molecule has 1 spiro atoms. The third kappa shape index (κ3) is 3.60. The standard InChI is InChI=1S/C19H15F8NO5P/c1-28-10-11-29-34(28,30-14-6-2-12(20)3-7-14,31-15-8-4-13(21)5-9-15)32-16(18(22,23)24)17(33-34)19(25,26)27/h2-9H,10-11H2,1H3/q-1. The Labute approximate surface area is 186 Å². The van der Waals surface area contributed by atoms with Gasteiger partial charge in [0.25, 0.3) is 0 Å². The second-order valence-corrected chi connectivity index (χ2v) is 11.3. The van der Waals surface area contributed by atoms with Gasteiger partial charge in [-0.15, -0.1) is 0 Å². The van der Waals surface area contributed by atoms with Crippen LogP contribution in [0.3, 0.4) is 0 Å². The van der Waals surface area contributed by atoms with Crippen molar-refractivity contribution in [3.8, 4) is 11.5 Å². The van der Waals surface area contributed by atoms with E-state index in [0.717, 1.165) is 55.6 Å². The molecule has 6 nitrogen and oxygen atoms in total. The van der Waals surface area contributed by atoms with Crippen molar-refractivity contribution in [1.29, 1.82) is 0 Å². The van der Waals surface area contributed by atoms with Gasteiger partial charge in [0.05, 0.1) is 0 Å². The van der Waals surface area contributed by atoms with Gasteiger partial charge in [0.2, 0.25) is 0 Å². The second kappa shape index (κ2) is 7.09. The van der Waals surface area contributed by atoms with Crippen LogP contribution in [0.4, 0.5) is 35.1 Å². The van der Waals surface area contributed by atoms with Crippen LogP contribution in [0.25, 0.3) is 0 Å². The molecule has 2 aliphatic rings. The van der Waals surface area contributed by atoms with Crippen molar-refractivity contribution in [2.75, 3.05) is 20.2 Å². The molecule has 2 aliphatic heterocycles. The molecule has 2 aromatic rings. The van der Waals surface area contributed by atoms with E-state index in [0.29, 0.717) is 4.67 Å². The van der Waals surface area contributed by atoms with Crippen LogP contribution in [0, 0.1) is 11.6 Å². The van der Waals surface area contributed by atoms with Crippen LogP contribution < -0.4 is 9.05 Å². The van der Waals surface area contributed by atoms with Gasteiger partial charge in [-0.3, -0.25) is 0 Å². The van der Waals surface area contributed by atoms with E-state index in [2.05, 4.69) is 0 Å². The Kier molecular flexibility index (Phi) is 5.07. The summed E-state index contributed by atoms with van der Waals surface area (Å²) >= 11 is 0. The third-order valence-electron chi connectivity index (χ3n) is 4.97. The molecule has 1 saturated heterocycles. The Morgan fingerprint density at radius 3 is 1.41 bits per heavy atom. The molecule has 0 aliphatic carbocycles. The predicted molar refractivity (Wildman–Crippen MR) is 101 cm³/mol. The van der Waals surface area contributed by atoms with E-state index < -0.39 is 60.8 Å². The Morgan fingerprint density at radius 2 is 1.12 bits per heavy atom. The van der Waals surface area contributed by atoms with Crippen molar-refractivity contribution in [3.05, 3.63) is 71.7 Å². The molecule has 34 heavy (non-hydrogen) atoms. The minimum atomic E-state index is -7.26. The molecule has 4 rings (SSSR count). The third-order valence-corrected chi connectivity index (χ3v) is 9.59. The van der Waals surface area contributed by atoms with E-state index in [4.69, 9.17) is 22.6 Å². The molecule has 188 valence electrons. The Bertz CT molecular complexity index is 1070. The quantitative estimate of drug-likeness (QED) is 0.346. The van der Waals surface area contributed by atoms with Crippen molar-refractivity contribution < 1.29 is 57.7 Å². The molecule has 0 atom stereocenters. The fourth-order valence-corrected chi connectivity index (χ4v) is 7.81. The first-order chi connectivity index (χ1) is 15.6. The summed E-state index contributed by atoms with van der Waals surface area (Å²) in [6.07, 6.45) is -11.5. The Morgan fingerprint density at radius 1 is 0.735 bits per heavy atom. The molecule has 2 aromatic carbocycles. The van der Waals surface area contributed by atoms with Gasteiger partial charge in [-0.1, -0.05) is 0 Å². The fourth-order valence-electron chi connectivity index (χ4n) is 3.41. The van der Waals surface area contributed by atoms with E-state index in [-0.39, 0.29) is 6.54 Å². The van der Waals surface area contributed by atoms with Gasteiger partial charge >= 0.3 is 185 Å². The molecule has 0 radical (unpaired) electrons. The van der Waals surface area contributed by atoms with Crippen molar-refractivity contribution in [1.82, 2.24) is 4.67 Å². The summed E-state index contributed by atoms with van der Waals surface area (Å²) in [5.74, 6) is -7.78. The van der Waals surface area contributed by atoms with Crippen LogP contribution in [-0.2, 0) is 13.6 Å². The maximum atomic E-state index is 13.8. The number of halogens is 8. The molecule has 0 amide bonds. The van der Waals surface area contributed by atoms with E-state index in [1.807, 2.05) is 0 Å². The van der Waals surface area contributed by atoms with Crippen LogP contribution in [0.2, 0.25) is 0 Å². The second-order valence-electron chi connectivity index (χ2n) is 7.29. The number of benzene rings is 2. The van der Waals surface area contributed by atoms with Crippen LogP contribution in [-0.4, -0.2) is 37.2 Å². The van der Waals surface area contributed by atoms with Crippen LogP contribution >= 0.6 is 7.23 Å². The average Bonchev–Trinajstić information content (AvgIpc) is 3.21. The fraction of sp³-hybridized carbons (Fsp3) is 0.263. The van der Waals surface area contributed by atoms with Gasteiger partial charge in [-0.05, 0) is 0 Å². The molecular weight excluding hydrogens is 505 g/mol. The number of rotatable bonds is 4. The number of likely N-dealkylation sites (N-methyl/N-ethyl adjacent to an activating group) is 1. The SMILES string of the molecule is CN1CCO[P-]12(Oc1ccc(F)cc1)(Oc1ccc(F)cc1)OC(C(F)(F)F)=C(C(F)(F)F)O2. The molecule has 0 unspecified atom stereocenters. The van der Waals surface area contributed by atoms with Crippen molar-refractivity contribution >= 4 is 7.23 Å². The Balaban J connectivity index is 2.01. The van der Waals surface area contributed by atoms with Gasteiger partial charge in [0.15, 0.2) is 0 Å². The normalized spacial score (nSPS) is 23.3. The summed E-state index contributed by atoms with van der Waals surface area (Å²) in [6.45, 7) is -0.917. The number of allylic oxidation sites excluding steroid dienone is 2. The average molecular weight is 520 g/mol. The molecule has 2 heterocycles. The zero-order chi connectivity index (χ0) is 25.1. The minimum absolute atomic E-state index is 0.367. The van der Waals surface area contributed by atoms with E-state index >= 15 is 0 Å². The first-order valence-electron chi connectivity index (χ1n) is 9.39. The molecule has 0 saturated carbocycles. The zero-order valence-electron chi connectivity index (χ0n) is 17.0. The summed E-state index contributed by atoms with van der Waals surface area (Å²) in [5.41, 5.74) is 0. The van der Waals surface area contributed by atoms with Crippen LogP contribution in [0.15, 0.2) is 60.0 Å². The molecule has 1 fully saturated rings. The molecule has 0 N–H and O–H groups in total. The summed E-state index contributed by atoms with van der Waals surface area (Å²) in [4.78, 5) is 0. The predicted octanol–water partition coefficient (Wildman–Crippen LogP) is 6.35. The van der Waals surface area contributed by atoms with Crippen molar-refractivity contribution in [2.45, 2.75) is 12.4 Å². The van der Waals surface area contributed by atoms with Gasteiger partial charge in [-0.25, -0.2) is 0 Å². The number of alkyl halides is 6. The maximum absolute atomic E-state index is 13.8. The van der Waals surface area contributed by atoms with E-state index in [9.17, 15) is 35.1 Å². The molecular formula is C19H15F8NO5P-. The van der Waals surface area contributed by atoms with Gasteiger partial charge in [0, 0.05) is 0 Å². The van der Waals surface area contributed by atoms with Crippen molar-refractivity contribution in [3.63, 3.8) is 0 Å². The van der Waals surface area contributed by atoms with E-state index in [1.165, 1.54) is 0 Å². The van der Waals surface area contributed by atoms with E-state index in [1.54, 1.807) is 0 Å². The molecule has 0 bridgehead atoms. The zero-order valence-corrected chi connectivity index (χ0v) is 17.9. The van der Waals surface area contributed by atoms with Gasteiger partial charge in [0.1, 0.15) is 0 Å². The summed E-state index contributed by atoms with van der Waals surface area (Å²) in [6, 6.07) is 6.89. The number of nitrogens with zero attached hydrogens (tertiary/aromatic N) is 1. The molecule has 0 aromatic heterocycles. The first kappa shape index (κ1) is 24.3.